The third-order valence-electron chi connectivity index (χ3n) is 3.78. The van der Waals surface area contributed by atoms with Crippen LogP contribution in [0.25, 0.3) is 11.1 Å². The van der Waals surface area contributed by atoms with Crippen molar-refractivity contribution in [3.05, 3.63) is 24.1 Å². The fourth-order valence-corrected chi connectivity index (χ4v) is 2.67. The third kappa shape index (κ3) is 3.76. The number of anilines is 1. The quantitative estimate of drug-likeness (QED) is 0.909. The Morgan fingerprint density at radius 1 is 1.41 bits per heavy atom. The van der Waals surface area contributed by atoms with Crippen LogP contribution in [0.15, 0.2) is 22.6 Å². The predicted octanol–water partition coefficient (Wildman–Crippen LogP) is 3.22. The van der Waals surface area contributed by atoms with Gasteiger partial charge in [0, 0.05) is 31.8 Å². The van der Waals surface area contributed by atoms with Gasteiger partial charge >= 0.3 is 6.03 Å². The van der Waals surface area contributed by atoms with Crippen LogP contribution in [-0.2, 0) is 4.74 Å². The lowest BCUT2D eigenvalue weighted by Gasteiger charge is -2.22. The summed E-state index contributed by atoms with van der Waals surface area (Å²) in [6, 6.07) is 5.20. The molecule has 0 aliphatic carbocycles. The number of ether oxygens (including phenoxy) is 1. The molecule has 0 spiro atoms. The van der Waals surface area contributed by atoms with Crippen molar-refractivity contribution < 1.29 is 13.9 Å². The molecule has 0 bridgehead atoms. The van der Waals surface area contributed by atoms with E-state index in [-0.39, 0.29) is 12.1 Å². The Kier molecular flexibility index (Phi) is 4.58. The molecule has 1 saturated heterocycles. The summed E-state index contributed by atoms with van der Waals surface area (Å²) in [4.78, 5) is 16.1. The molecule has 6 heteroatoms. The van der Waals surface area contributed by atoms with E-state index < -0.39 is 0 Å². The Balaban J connectivity index is 1.47. The van der Waals surface area contributed by atoms with Gasteiger partial charge in [-0.15, -0.1) is 0 Å². The van der Waals surface area contributed by atoms with E-state index in [1.54, 1.807) is 13.0 Å². The summed E-state index contributed by atoms with van der Waals surface area (Å²) in [6.07, 6.45) is 4.59. The van der Waals surface area contributed by atoms with E-state index in [9.17, 15) is 4.79 Å². The van der Waals surface area contributed by atoms with Gasteiger partial charge in [-0.25, -0.2) is 9.78 Å². The minimum Gasteiger partial charge on any atom is -0.441 e. The smallest absolute Gasteiger partial charge is 0.319 e. The van der Waals surface area contributed by atoms with E-state index in [1.165, 1.54) is 6.42 Å². The molecule has 1 aliphatic heterocycles. The second kappa shape index (κ2) is 6.79. The number of aromatic nitrogens is 1. The van der Waals surface area contributed by atoms with Gasteiger partial charge < -0.3 is 19.8 Å². The molecular weight excluding hydrogens is 282 g/mol. The van der Waals surface area contributed by atoms with Gasteiger partial charge in [-0.2, -0.15) is 0 Å². The van der Waals surface area contributed by atoms with Crippen LogP contribution in [0.1, 0.15) is 31.6 Å². The average molecular weight is 303 g/mol. The predicted molar refractivity (Wildman–Crippen MR) is 84.0 cm³/mol. The van der Waals surface area contributed by atoms with Crippen LogP contribution in [0.5, 0.6) is 0 Å². The molecular formula is C16H21N3O3. The van der Waals surface area contributed by atoms with Crippen molar-refractivity contribution in [1.82, 2.24) is 10.3 Å². The molecule has 1 aromatic heterocycles. The number of hydrogen-bond acceptors (Lipinski definition) is 4. The molecule has 1 fully saturated rings. The summed E-state index contributed by atoms with van der Waals surface area (Å²) in [7, 11) is 0. The largest absolute Gasteiger partial charge is 0.441 e. The summed E-state index contributed by atoms with van der Waals surface area (Å²) in [5.74, 6) is 0.615. The van der Waals surface area contributed by atoms with Crippen LogP contribution < -0.4 is 10.6 Å². The molecule has 1 aromatic carbocycles. The first-order valence-corrected chi connectivity index (χ1v) is 7.74. The SMILES string of the molecule is Cc1nc2ccc(NC(=O)NCCC3CCCCO3)cc2o1. The number of nitrogens with one attached hydrogen (secondary N) is 2. The Bertz CT molecular complexity index is 647. The molecule has 2 heterocycles. The number of aryl methyl sites for hydroxylation is 1. The maximum absolute atomic E-state index is 11.9. The number of benzene rings is 1. The van der Waals surface area contributed by atoms with E-state index in [2.05, 4.69) is 15.6 Å². The van der Waals surface area contributed by atoms with Gasteiger partial charge in [0.1, 0.15) is 5.52 Å². The first-order valence-electron chi connectivity index (χ1n) is 7.74. The molecule has 2 N–H and O–H groups in total. The van der Waals surface area contributed by atoms with Crippen molar-refractivity contribution in [2.24, 2.45) is 0 Å². The summed E-state index contributed by atoms with van der Waals surface area (Å²) in [6.45, 7) is 3.25. The first-order chi connectivity index (χ1) is 10.7. The molecule has 118 valence electrons. The zero-order valence-electron chi connectivity index (χ0n) is 12.7. The van der Waals surface area contributed by atoms with E-state index in [0.717, 1.165) is 31.4 Å². The van der Waals surface area contributed by atoms with E-state index in [1.807, 2.05) is 12.1 Å². The van der Waals surface area contributed by atoms with Crippen molar-refractivity contribution in [2.45, 2.75) is 38.7 Å². The van der Waals surface area contributed by atoms with Crippen molar-refractivity contribution in [3.8, 4) is 0 Å². The molecule has 1 atom stereocenters. The number of nitrogens with zero attached hydrogens (tertiary/aromatic N) is 1. The molecule has 1 aliphatic rings. The molecule has 1 unspecified atom stereocenters. The Hall–Kier alpha value is -2.08. The number of fused-ring (bicyclic) bond motifs is 1. The second-order valence-corrected chi connectivity index (χ2v) is 5.57. The standard InChI is InChI=1S/C16H21N3O3/c1-11-18-14-6-5-12(10-15(14)22-11)19-16(20)17-8-7-13-4-2-3-9-21-13/h5-6,10,13H,2-4,7-9H2,1H3,(H2,17,19,20). The van der Waals surface area contributed by atoms with Crippen molar-refractivity contribution in [2.75, 3.05) is 18.5 Å². The van der Waals surface area contributed by atoms with Gasteiger partial charge in [0.25, 0.3) is 0 Å². The van der Waals surface area contributed by atoms with Crippen LogP contribution in [0, 0.1) is 6.92 Å². The normalized spacial score (nSPS) is 18.3. The molecule has 0 radical (unpaired) electrons. The average Bonchev–Trinajstić information content (AvgIpc) is 2.87. The summed E-state index contributed by atoms with van der Waals surface area (Å²) in [5.41, 5.74) is 2.15. The highest BCUT2D eigenvalue weighted by molar-refractivity contribution is 5.91. The van der Waals surface area contributed by atoms with Gasteiger partial charge in [0.2, 0.25) is 0 Å². The molecule has 6 nitrogen and oxygen atoms in total. The first kappa shape index (κ1) is 14.8. The monoisotopic (exact) mass is 303 g/mol. The number of urea groups is 1. The molecule has 2 aromatic rings. The maximum Gasteiger partial charge on any atom is 0.319 e. The summed E-state index contributed by atoms with van der Waals surface area (Å²) < 4.78 is 11.1. The van der Waals surface area contributed by atoms with E-state index in [0.29, 0.717) is 23.7 Å². The Morgan fingerprint density at radius 2 is 2.32 bits per heavy atom. The van der Waals surface area contributed by atoms with Gasteiger partial charge in [0.05, 0.1) is 6.10 Å². The second-order valence-electron chi connectivity index (χ2n) is 5.57. The highest BCUT2D eigenvalue weighted by atomic mass is 16.5. The van der Waals surface area contributed by atoms with Gasteiger partial charge in [0.15, 0.2) is 11.5 Å². The number of carbonyl (C=O) groups excluding carboxylic acids is 1. The number of amides is 2. The Morgan fingerprint density at radius 3 is 3.14 bits per heavy atom. The molecule has 0 saturated carbocycles. The lowest BCUT2D eigenvalue weighted by Crippen LogP contribution is -2.32. The van der Waals surface area contributed by atoms with Crippen molar-refractivity contribution in [3.63, 3.8) is 0 Å². The van der Waals surface area contributed by atoms with E-state index >= 15 is 0 Å². The Labute approximate surface area is 129 Å². The number of hydrogen-bond donors (Lipinski definition) is 2. The van der Waals surface area contributed by atoms with Crippen molar-refractivity contribution >= 4 is 22.8 Å². The van der Waals surface area contributed by atoms with Crippen LogP contribution >= 0.6 is 0 Å². The van der Waals surface area contributed by atoms with Crippen LogP contribution in [0.2, 0.25) is 0 Å². The lowest BCUT2D eigenvalue weighted by molar-refractivity contribution is 0.0120. The maximum atomic E-state index is 11.9. The number of rotatable bonds is 4. The van der Waals surface area contributed by atoms with Gasteiger partial charge in [-0.3, -0.25) is 0 Å². The number of oxazole rings is 1. The minimum absolute atomic E-state index is 0.216. The van der Waals surface area contributed by atoms with Crippen molar-refractivity contribution in [1.29, 1.82) is 0 Å². The van der Waals surface area contributed by atoms with Gasteiger partial charge in [-0.05, 0) is 37.8 Å². The van der Waals surface area contributed by atoms with Crippen LogP contribution in [-0.4, -0.2) is 30.3 Å². The molecule has 3 rings (SSSR count). The highest BCUT2D eigenvalue weighted by Gasteiger charge is 2.13. The number of carbonyl (C=O) groups is 1. The summed E-state index contributed by atoms with van der Waals surface area (Å²) >= 11 is 0. The fraction of sp³-hybridized carbons (Fsp3) is 0.500. The topological polar surface area (TPSA) is 76.4 Å². The zero-order chi connectivity index (χ0) is 15.4. The van der Waals surface area contributed by atoms with E-state index in [4.69, 9.17) is 9.15 Å². The summed E-state index contributed by atoms with van der Waals surface area (Å²) in [5, 5.41) is 5.66. The molecule has 22 heavy (non-hydrogen) atoms. The zero-order valence-corrected chi connectivity index (χ0v) is 12.7. The highest BCUT2D eigenvalue weighted by Crippen LogP contribution is 2.19. The van der Waals surface area contributed by atoms with Gasteiger partial charge in [-0.1, -0.05) is 0 Å². The molecule has 2 amide bonds. The third-order valence-corrected chi connectivity index (χ3v) is 3.78. The van der Waals surface area contributed by atoms with Crippen LogP contribution in [0.4, 0.5) is 10.5 Å². The fourth-order valence-electron chi connectivity index (χ4n) is 2.67. The lowest BCUT2D eigenvalue weighted by atomic mass is 10.1. The minimum atomic E-state index is -0.216. The van der Waals surface area contributed by atoms with Crippen LogP contribution in [0.3, 0.4) is 0 Å².